The third-order valence-corrected chi connectivity index (χ3v) is 4.02. The number of aryl methyl sites for hydroxylation is 2. The van der Waals surface area contributed by atoms with Crippen molar-refractivity contribution in [3.8, 4) is 11.8 Å². The molecule has 0 aromatic heterocycles. The maximum atomic E-state index is 12.0. The van der Waals surface area contributed by atoms with Gasteiger partial charge in [-0.2, -0.15) is 5.26 Å². The van der Waals surface area contributed by atoms with Crippen LogP contribution in [0.25, 0.3) is 0 Å². The highest BCUT2D eigenvalue weighted by Gasteiger charge is 2.21. The van der Waals surface area contributed by atoms with E-state index in [2.05, 4.69) is 0 Å². The Labute approximate surface area is 142 Å². The topological polar surface area (TPSA) is 79.6 Å². The minimum Gasteiger partial charge on any atom is -0.482 e. The van der Waals surface area contributed by atoms with Crippen LogP contribution < -0.4 is 4.74 Å². The minimum absolute atomic E-state index is 0.238. The second kappa shape index (κ2) is 8.34. The first-order chi connectivity index (χ1) is 11.5. The van der Waals surface area contributed by atoms with Crippen LogP contribution in [0.1, 0.15) is 30.9 Å². The molecule has 0 unspecified atom stereocenters. The van der Waals surface area contributed by atoms with Gasteiger partial charge in [-0.3, -0.25) is 4.79 Å². The molecule has 0 spiro atoms. The number of nitriles is 1. The average Bonchev–Trinajstić information content (AvgIpc) is 3.04. The summed E-state index contributed by atoms with van der Waals surface area (Å²) in [6, 6.07) is 7.80. The van der Waals surface area contributed by atoms with E-state index in [0.717, 1.165) is 19.3 Å². The predicted octanol–water partition coefficient (Wildman–Crippen LogP) is 1.86. The molecule has 0 heterocycles. The maximum absolute atomic E-state index is 12.0. The van der Waals surface area contributed by atoms with Gasteiger partial charge in [-0.15, -0.1) is 0 Å². The molecule has 1 aromatic carbocycles. The molecule has 0 bridgehead atoms. The standard InChI is InChI=1S/C18H22N2O4/c1-13(18(22)20(2)10-4-9-19)24-17(21)12-23-16-8-7-14-5-3-6-15(14)11-16/h7-8,11,13H,3-6,10,12H2,1-2H3/t13-/m1/s1. The Balaban J connectivity index is 1.78. The van der Waals surface area contributed by atoms with Crippen LogP contribution in [-0.2, 0) is 27.2 Å². The molecule has 24 heavy (non-hydrogen) atoms. The van der Waals surface area contributed by atoms with Gasteiger partial charge < -0.3 is 14.4 Å². The van der Waals surface area contributed by atoms with Crippen LogP contribution in [-0.4, -0.2) is 43.1 Å². The van der Waals surface area contributed by atoms with Crippen molar-refractivity contribution in [2.75, 3.05) is 20.2 Å². The summed E-state index contributed by atoms with van der Waals surface area (Å²) >= 11 is 0. The molecule has 1 aliphatic rings. The first kappa shape index (κ1) is 17.8. The second-order valence-electron chi connectivity index (χ2n) is 5.87. The lowest BCUT2D eigenvalue weighted by Gasteiger charge is -2.20. The Morgan fingerprint density at radius 1 is 1.33 bits per heavy atom. The van der Waals surface area contributed by atoms with E-state index in [4.69, 9.17) is 14.7 Å². The van der Waals surface area contributed by atoms with Crippen molar-refractivity contribution < 1.29 is 19.1 Å². The Morgan fingerprint density at radius 3 is 2.83 bits per heavy atom. The number of likely N-dealkylation sites (N-methyl/N-ethyl adjacent to an activating group) is 1. The third-order valence-electron chi connectivity index (χ3n) is 4.02. The number of nitrogens with zero attached hydrogens (tertiary/aromatic N) is 2. The highest BCUT2D eigenvalue weighted by Crippen LogP contribution is 2.25. The van der Waals surface area contributed by atoms with E-state index >= 15 is 0 Å². The lowest BCUT2D eigenvalue weighted by atomic mass is 10.1. The van der Waals surface area contributed by atoms with Gasteiger partial charge in [0.25, 0.3) is 5.91 Å². The van der Waals surface area contributed by atoms with E-state index in [1.165, 1.54) is 23.0 Å². The van der Waals surface area contributed by atoms with Crippen LogP contribution in [0.2, 0.25) is 0 Å². The fourth-order valence-corrected chi connectivity index (χ4v) is 2.70. The number of amides is 1. The molecule has 1 aliphatic carbocycles. The zero-order valence-electron chi connectivity index (χ0n) is 14.1. The number of ether oxygens (including phenoxy) is 2. The molecule has 6 heteroatoms. The largest absolute Gasteiger partial charge is 0.482 e. The molecular weight excluding hydrogens is 308 g/mol. The molecule has 2 rings (SSSR count). The molecule has 0 N–H and O–H groups in total. The van der Waals surface area contributed by atoms with E-state index in [9.17, 15) is 9.59 Å². The summed E-state index contributed by atoms with van der Waals surface area (Å²) in [6.45, 7) is 1.58. The van der Waals surface area contributed by atoms with Crippen molar-refractivity contribution in [1.82, 2.24) is 4.90 Å². The summed E-state index contributed by atoms with van der Waals surface area (Å²) in [7, 11) is 1.57. The summed E-state index contributed by atoms with van der Waals surface area (Å²) in [5.74, 6) is -0.293. The van der Waals surface area contributed by atoms with Gasteiger partial charge in [-0.05, 0) is 49.4 Å². The summed E-state index contributed by atoms with van der Waals surface area (Å²) in [5, 5.41) is 8.53. The third kappa shape index (κ3) is 4.72. The van der Waals surface area contributed by atoms with Gasteiger partial charge in [0.1, 0.15) is 5.75 Å². The van der Waals surface area contributed by atoms with Gasteiger partial charge in [0.2, 0.25) is 0 Å². The van der Waals surface area contributed by atoms with Gasteiger partial charge >= 0.3 is 5.97 Å². The van der Waals surface area contributed by atoms with Crippen LogP contribution in [0.3, 0.4) is 0 Å². The van der Waals surface area contributed by atoms with Crippen molar-refractivity contribution >= 4 is 11.9 Å². The van der Waals surface area contributed by atoms with Gasteiger partial charge in [0.15, 0.2) is 12.7 Å². The van der Waals surface area contributed by atoms with E-state index in [1.54, 1.807) is 7.05 Å². The minimum atomic E-state index is -0.898. The van der Waals surface area contributed by atoms with Crippen molar-refractivity contribution in [3.05, 3.63) is 29.3 Å². The maximum Gasteiger partial charge on any atom is 0.344 e. The molecular formula is C18H22N2O4. The number of fused-ring (bicyclic) bond motifs is 1. The smallest absolute Gasteiger partial charge is 0.344 e. The molecule has 0 fully saturated rings. The molecule has 1 atom stereocenters. The number of carbonyl (C=O) groups excluding carboxylic acids is 2. The van der Waals surface area contributed by atoms with Crippen molar-refractivity contribution in [3.63, 3.8) is 0 Å². The van der Waals surface area contributed by atoms with E-state index in [-0.39, 0.29) is 18.9 Å². The molecule has 0 aliphatic heterocycles. The average molecular weight is 330 g/mol. The number of hydrogen-bond donors (Lipinski definition) is 0. The van der Waals surface area contributed by atoms with Crippen LogP contribution >= 0.6 is 0 Å². The van der Waals surface area contributed by atoms with Crippen molar-refractivity contribution in [2.45, 2.75) is 38.7 Å². The van der Waals surface area contributed by atoms with Gasteiger partial charge in [0.05, 0.1) is 12.5 Å². The van der Waals surface area contributed by atoms with Gasteiger partial charge in [-0.1, -0.05) is 6.07 Å². The van der Waals surface area contributed by atoms with Crippen molar-refractivity contribution in [2.24, 2.45) is 0 Å². The number of hydrogen-bond acceptors (Lipinski definition) is 5. The summed E-state index contributed by atoms with van der Waals surface area (Å²) in [4.78, 5) is 25.2. The number of esters is 1. The lowest BCUT2D eigenvalue weighted by molar-refractivity contribution is -0.160. The highest BCUT2D eigenvalue weighted by molar-refractivity contribution is 5.83. The number of carbonyl (C=O) groups is 2. The fourth-order valence-electron chi connectivity index (χ4n) is 2.70. The second-order valence-corrected chi connectivity index (χ2v) is 5.87. The molecule has 0 radical (unpaired) electrons. The summed E-state index contributed by atoms with van der Waals surface area (Å²) in [5.41, 5.74) is 2.60. The normalized spacial score (nSPS) is 13.5. The summed E-state index contributed by atoms with van der Waals surface area (Å²) in [6.07, 6.45) is 2.63. The number of rotatable bonds is 7. The first-order valence-electron chi connectivity index (χ1n) is 8.07. The fraction of sp³-hybridized carbons (Fsp3) is 0.500. The van der Waals surface area contributed by atoms with Crippen LogP contribution in [0.15, 0.2) is 18.2 Å². The zero-order chi connectivity index (χ0) is 17.5. The zero-order valence-corrected chi connectivity index (χ0v) is 14.1. The Hall–Kier alpha value is -2.55. The highest BCUT2D eigenvalue weighted by atomic mass is 16.6. The molecule has 1 aromatic rings. The Morgan fingerprint density at radius 2 is 2.08 bits per heavy atom. The van der Waals surface area contributed by atoms with Gasteiger partial charge in [0, 0.05) is 13.6 Å². The monoisotopic (exact) mass is 330 g/mol. The molecule has 0 saturated heterocycles. The van der Waals surface area contributed by atoms with Crippen LogP contribution in [0.5, 0.6) is 5.75 Å². The molecule has 128 valence electrons. The Kier molecular flexibility index (Phi) is 6.19. The number of benzene rings is 1. The molecule has 1 amide bonds. The van der Waals surface area contributed by atoms with E-state index in [0.29, 0.717) is 12.3 Å². The summed E-state index contributed by atoms with van der Waals surface area (Å²) < 4.78 is 10.5. The molecule has 6 nitrogen and oxygen atoms in total. The SMILES string of the molecule is C[C@@H](OC(=O)COc1ccc2c(c1)CCC2)C(=O)N(C)CCC#N. The Bertz CT molecular complexity index is 651. The predicted molar refractivity (Wildman–Crippen MR) is 87.4 cm³/mol. The van der Waals surface area contributed by atoms with Crippen LogP contribution in [0, 0.1) is 11.3 Å². The molecule has 0 saturated carbocycles. The van der Waals surface area contributed by atoms with E-state index in [1.807, 2.05) is 24.3 Å². The lowest BCUT2D eigenvalue weighted by Crippen LogP contribution is -2.38. The quantitative estimate of drug-likeness (QED) is 0.713. The van der Waals surface area contributed by atoms with Gasteiger partial charge in [-0.25, -0.2) is 4.79 Å². The first-order valence-corrected chi connectivity index (χ1v) is 8.07. The van der Waals surface area contributed by atoms with Crippen LogP contribution in [0.4, 0.5) is 0 Å². The van der Waals surface area contributed by atoms with E-state index < -0.39 is 12.1 Å². The van der Waals surface area contributed by atoms with Crippen molar-refractivity contribution in [1.29, 1.82) is 5.26 Å².